The van der Waals surface area contributed by atoms with E-state index < -0.39 is 0 Å². The maximum absolute atomic E-state index is 11.4. The largest absolute Gasteiger partial charge is 0.344 e. The fourth-order valence-corrected chi connectivity index (χ4v) is 1.84. The molecule has 3 heteroatoms. The van der Waals surface area contributed by atoms with E-state index in [2.05, 4.69) is 30.0 Å². The summed E-state index contributed by atoms with van der Waals surface area (Å²) >= 11 is 0. The van der Waals surface area contributed by atoms with Gasteiger partial charge in [-0.3, -0.25) is 9.69 Å². The highest BCUT2D eigenvalue weighted by atomic mass is 16.2. The average molecular weight is 194 g/mol. The van der Waals surface area contributed by atoms with Gasteiger partial charge in [-0.2, -0.15) is 0 Å². The first kappa shape index (κ1) is 11.1. The summed E-state index contributed by atoms with van der Waals surface area (Å²) in [4.78, 5) is 13.6. The molecule has 1 aliphatic rings. The lowest BCUT2D eigenvalue weighted by molar-refractivity contribution is -0.122. The average Bonchev–Trinajstić information content (AvgIpc) is 2.43. The first-order chi connectivity index (χ1) is 6.56. The van der Waals surface area contributed by atoms with Crippen molar-refractivity contribution >= 4 is 5.91 Å². The van der Waals surface area contributed by atoms with Crippen LogP contribution in [-0.4, -0.2) is 36.0 Å². The van der Waals surface area contributed by atoms with Crippen molar-refractivity contribution in [3.05, 3.63) is 0 Å². The van der Waals surface area contributed by atoms with E-state index in [1.54, 1.807) is 0 Å². The molecule has 0 spiro atoms. The molecule has 1 heterocycles. The highest BCUT2D eigenvalue weighted by Crippen LogP contribution is 2.27. The predicted molar refractivity (Wildman–Crippen MR) is 56.7 cm³/mol. The fraction of sp³-hybridized carbons (Fsp3) is 0.727. The van der Waals surface area contributed by atoms with Gasteiger partial charge >= 0.3 is 0 Å². The fourth-order valence-electron chi connectivity index (χ4n) is 1.84. The summed E-state index contributed by atoms with van der Waals surface area (Å²) in [5.74, 6) is 2.42. The van der Waals surface area contributed by atoms with Gasteiger partial charge in [-0.15, -0.1) is 6.42 Å². The Hall–Kier alpha value is -1.01. The van der Waals surface area contributed by atoms with Crippen LogP contribution in [-0.2, 0) is 4.79 Å². The third-order valence-electron chi connectivity index (χ3n) is 2.79. The van der Waals surface area contributed by atoms with Gasteiger partial charge in [-0.25, -0.2) is 0 Å². The standard InChI is InChI=1S/C11H18N2O/c1-4-7-12-10(14)9-13-8-5-6-11(13,2)3/h1H,5-9H2,2-3H3,(H,12,14). The Kier molecular flexibility index (Phi) is 3.54. The summed E-state index contributed by atoms with van der Waals surface area (Å²) in [6.45, 7) is 6.15. The summed E-state index contributed by atoms with van der Waals surface area (Å²) in [5.41, 5.74) is 0.160. The first-order valence-corrected chi connectivity index (χ1v) is 5.01. The normalized spacial score (nSPS) is 20.4. The highest BCUT2D eigenvalue weighted by Gasteiger charge is 2.32. The molecular formula is C11H18N2O. The first-order valence-electron chi connectivity index (χ1n) is 5.01. The summed E-state index contributed by atoms with van der Waals surface area (Å²) in [6, 6.07) is 0. The molecule has 78 valence electrons. The third-order valence-corrected chi connectivity index (χ3v) is 2.79. The third kappa shape index (κ3) is 2.74. The van der Waals surface area contributed by atoms with Gasteiger partial charge in [0.15, 0.2) is 0 Å². The lowest BCUT2D eigenvalue weighted by atomic mass is 10.0. The number of nitrogens with zero attached hydrogens (tertiary/aromatic N) is 1. The number of amides is 1. The molecule has 1 rings (SSSR count). The van der Waals surface area contributed by atoms with Crippen LogP contribution in [0.3, 0.4) is 0 Å². The van der Waals surface area contributed by atoms with Crippen LogP contribution in [0.2, 0.25) is 0 Å². The smallest absolute Gasteiger partial charge is 0.234 e. The number of carbonyl (C=O) groups is 1. The minimum absolute atomic E-state index is 0.0259. The topological polar surface area (TPSA) is 32.3 Å². The minimum Gasteiger partial charge on any atom is -0.344 e. The summed E-state index contributed by atoms with van der Waals surface area (Å²) in [5, 5.41) is 2.68. The van der Waals surface area contributed by atoms with Gasteiger partial charge in [0.2, 0.25) is 5.91 Å². The van der Waals surface area contributed by atoms with Crippen molar-refractivity contribution in [2.75, 3.05) is 19.6 Å². The number of hydrogen-bond donors (Lipinski definition) is 1. The maximum atomic E-state index is 11.4. The van der Waals surface area contributed by atoms with Gasteiger partial charge in [-0.1, -0.05) is 5.92 Å². The Labute approximate surface area is 85.9 Å². The van der Waals surface area contributed by atoms with Crippen molar-refractivity contribution in [3.63, 3.8) is 0 Å². The molecule has 1 amide bonds. The van der Waals surface area contributed by atoms with Crippen molar-refractivity contribution in [1.82, 2.24) is 10.2 Å². The Morgan fingerprint density at radius 2 is 2.36 bits per heavy atom. The van der Waals surface area contributed by atoms with Crippen molar-refractivity contribution in [2.24, 2.45) is 0 Å². The lowest BCUT2D eigenvalue weighted by Gasteiger charge is -2.30. The van der Waals surface area contributed by atoms with Gasteiger partial charge < -0.3 is 5.32 Å². The summed E-state index contributed by atoms with van der Waals surface area (Å²) in [6.07, 6.45) is 7.40. The van der Waals surface area contributed by atoms with Crippen LogP contribution in [0.25, 0.3) is 0 Å². The highest BCUT2D eigenvalue weighted by molar-refractivity contribution is 5.78. The monoisotopic (exact) mass is 194 g/mol. The van der Waals surface area contributed by atoms with Gasteiger partial charge in [-0.05, 0) is 33.2 Å². The minimum atomic E-state index is 0.0259. The molecule has 0 aromatic rings. The quantitative estimate of drug-likeness (QED) is 0.668. The van der Waals surface area contributed by atoms with Crippen LogP contribution in [0.4, 0.5) is 0 Å². The van der Waals surface area contributed by atoms with Crippen LogP contribution in [0, 0.1) is 12.3 Å². The molecule has 0 radical (unpaired) electrons. The van der Waals surface area contributed by atoms with Crippen LogP contribution in [0.5, 0.6) is 0 Å². The zero-order valence-corrected chi connectivity index (χ0v) is 8.97. The van der Waals surface area contributed by atoms with E-state index in [1.165, 1.54) is 6.42 Å². The number of nitrogens with one attached hydrogen (secondary N) is 1. The SMILES string of the molecule is C#CCNC(=O)CN1CCCC1(C)C. The lowest BCUT2D eigenvalue weighted by Crippen LogP contribution is -2.44. The predicted octanol–water partition coefficient (Wildman–Crippen LogP) is 0.610. The van der Waals surface area contributed by atoms with E-state index in [9.17, 15) is 4.79 Å². The van der Waals surface area contributed by atoms with Crippen molar-refractivity contribution in [3.8, 4) is 12.3 Å². The van der Waals surface area contributed by atoms with Crippen LogP contribution >= 0.6 is 0 Å². The Morgan fingerprint density at radius 3 is 2.86 bits per heavy atom. The molecule has 0 aliphatic carbocycles. The second kappa shape index (κ2) is 4.47. The molecule has 1 saturated heterocycles. The molecule has 1 aliphatic heterocycles. The van der Waals surface area contributed by atoms with Gasteiger partial charge in [0, 0.05) is 5.54 Å². The Morgan fingerprint density at radius 1 is 1.64 bits per heavy atom. The Balaban J connectivity index is 2.37. The molecule has 0 aromatic carbocycles. The molecule has 0 unspecified atom stereocenters. The number of carbonyl (C=O) groups excluding carboxylic acids is 1. The molecule has 3 nitrogen and oxygen atoms in total. The van der Waals surface area contributed by atoms with E-state index in [0.717, 1.165) is 13.0 Å². The molecule has 1 fully saturated rings. The van der Waals surface area contributed by atoms with Gasteiger partial charge in [0.1, 0.15) is 0 Å². The molecular weight excluding hydrogens is 176 g/mol. The van der Waals surface area contributed by atoms with E-state index in [-0.39, 0.29) is 11.4 Å². The zero-order valence-electron chi connectivity index (χ0n) is 8.97. The van der Waals surface area contributed by atoms with Gasteiger partial charge in [0.25, 0.3) is 0 Å². The van der Waals surface area contributed by atoms with E-state index in [4.69, 9.17) is 6.42 Å². The molecule has 1 N–H and O–H groups in total. The van der Waals surface area contributed by atoms with Crippen molar-refractivity contribution in [2.45, 2.75) is 32.2 Å². The molecule has 14 heavy (non-hydrogen) atoms. The second-order valence-corrected chi connectivity index (χ2v) is 4.32. The zero-order chi connectivity index (χ0) is 10.6. The molecule has 0 atom stereocenters. The number of hydrogen-bond acceptors (Lipinski definition) is 2. The number of terminal acetylenes is 1. The second-order valence-electron chi connectivity index (χ2n) is 4.32. The Bertz CT molecular complexity index is 253. The van der Waals surface area contributed by atoms with E-state index in [1.807, 2.05) is 0 Å². The van der Waals surface area contributed by atoms with E-state index in [0.29, 0.717) is 13.1 Å². The van der Waals surface area contributed by atoms with E-state index >= 15 is 0 Å². The maximum Gasteiger partial charge on any atom is 0.234 e. The summed E-state index contributed by atoms with van der Waals surface area (Å²) in [7, 11) is 0. The number of rotatable bonds is 3. The van der Waals surface area contributed by atoms with Crippen molar-refractivity contribution in [1.29, 1.82) is 0 Å². The molecule has 0 aromatic heterocycles. The van der Waals surface area contributed by atoms with Crippen LogP contribution < -0.4 is 5.32 Å². The van der Waals surface area contributed by atoms with Crippen LogP contribution in [0.15, 0.2) is 0 Å². The molecule has 0 saturated carbocycles. The molecule has 0 bridgehead atoms. The van der Waals surface area contributed by atoms with Gasteiger partial charge in [0.05, 0.1) is 13.1 Å². The number of likely N-dealkylation sites (tertiary alicyclic amines) is 1. The van der Waals surface area contributed by atoms with Crippen molar-refractivity contribution < 1.29 is 4.79 Å². The van der Waals surface area contributed by atoms with Crippen LogP contribution in [0.1, 0.15) is 26.7 Å². The summed E-state index contributed by atoms with van der Waals surface area (Å²) < 4.78 is 0.